The molecule has 0 aliphatic heterocycles. The van der Waals surface area contributed by atoms with Gasteiger partial charge in [0, 0.05) is 12.0 Å². The van der Waals surface area contributed by atoms with Crippen molar-refractivity contribution in [3.05, 3.63) is 11.6 Å². The van der Waals surface area contributed by atoms with Gasteiger partial charge in [0.05, 0.1) is 0 Å². The molecule has 16 heavy (non-hydrogen) atoms. The molecular weight excluding hydrogens is 194 g/mol. The lowest BCUT2D eigenvalue weighted by Gasteiger charge is -2.58. The fourth-order valence-electron chi connectivity index (χ4n) is 4.55. The lowest BCUT2D eigenvalue weighted by Crippen LogP contribution is -2.50. The molecule has 0 aromatic heterocycles. The fraction of sp³-hybridized carbons (Fsp3) is 0.867. The van der Waals surface area contributed by atoms with Crippen molar-refractivity contribution in [2.75, 3.05) is 6.54 Å². The minimum absolute atomic E-state index is 0.361. The maximum Gasteiger partial charge on any atom is 0.00942 e. The van der Waals surface area contributed by atoms with Crippen molar-refractivity contribution in [3.8, 4) is 0 Å². The Morgan fingerprint density at radius 1 is 1.31 bits per heavy atom. The lowest BCUT2D eigenvalue weighted by molar-refractivity contribution is -0.0161. The van der Waals surface area contributed by atoms with E-state index in [1.54, 1.807) is 5.57 Å². The van der Waals surface area contributed by atoms with Crippen LogP contribution in [-0.4, -0.2) is 6.54 Å². The van der Waals surface area contributed by atoms with Crippen LogP contribution in [0.25, 0.3) is 0 Å². The van der Waals surface area contributed by atoms with Gasteiger partial charge in [-0.1, -0.05) is 39.3 Å². The zero-order valence-corrected chi connectivity index (χ0v) is 11.1. The van der Waals surface area contributed by atoms with Gasteiger partial charge in [-0.05, 0) is 41.9 Å². The average Bonchev–Trinajstić information content (AvgIpc) is 2.82. The number of allylic oxidation sites excluding steroid dienone is 1. The number of fused-ring (bicyclic) bond motifs is 1. The Kier molecular flexibility index (Phi) is 1.86. The van der Waals surface area contributed by atoms with Gasteiger partial charge < -0.3 is 5.73 Å². The largest absolute Gasteiger partial charge is 0.330 e. The molecule has 90 valence electrons. The Bertz CT molecular complexity index is 364. The van der Waals surface area contributed by atoms with Crippen molar-refractivity contribution in [2.45, 2.75) is 47.0 Å². The topological polar surface area (TPSA) is 26.0 Å². The maximum atomic E-state index is 6.10. The van der Waals surface area contributed by atoms with Crippen molar-refractivity contribution in [1.29, 1.82) is 0 Å². The van der Waals surface area contributed by atoms with E-state index in [4.69, 9.17) is 5.73 Å². The van der Waals surface area contributed by atoms with Crippen LogP contribution in [0.15, 0.2) is 11.6 Å². The number of hydrogen-bond acceptors (Lipinski definition) is 1. The standard InChI is InChI=1S/C15H25N/c1-13(2)8-15(13,9-16)11-6-5-10-7-12(11)14(10,3)4/h6,10,12H,5,7-9,16H2,1-4H3. The third-order valence-corrected chi connectivity index (χ3v) is 6.28. The predicted molar refractivity (Wildman–Crippen MR) is 68.0 cm³/mol. The monoisotopic (exact) mass is 219 g/mol. The lowest BCUT2D eigenvalue weighted by atomic mass is 9.47. The molecule has 0 radical (unpaired) electrons. The first-order valence-corrected chi connectivity index (χ1v) is 6.76. The van der Waals surface area contributed by atoms with E-state index < -0.39 is 0 Å². The fourth-order valence-corrected chi connectivity index (χ4v) is 4.55. The van der Waals surface area contributed by atoms with Crippen LogP contribution in [0.2, 0.25) is 0 Å². The highest BCUT2D eigenvalue weighted by molar-refractivity contribution is 5.37. The summed E-state index contributed by atoms with van der Waals surface area (Å²) in [6.07, 6.45) is 6.58. The normalized spacial score (nSPS) is 46.9. The predicted octanol–water partition coefficient (Wildman–Crippen LogP) is 3.35. The van der Waals surface area contributed by atoms with Crippen molar-refractivity contribution in [1.82, 2.24) is 0 Å². The molecule has 0 amide bonds. The molecule has 3 atom stereocenters. The molecule has 4 aliphatic carbocycles. The van der Waals surface area contributed by atoms with E-state index in [9.17, 15) is 0 Å². The summed E-state index contributed by atoms with van der Waals surface area (Å²) in [5.74, 6) is 1.77. The molecule has 2 bridgehead atoms. The molecule has 0 aromatic carbocycles. The molecule has 3 unspecified atom stereocenters. The maximum absolute atomic E-state index is 6.10. The SMILES string of the molecule is CC1(C)C2CC=C(C3(CN)CC3(C)C)C1C2. The van der Waals surface area contributed by atoms with Crippen LogP contribution in [-0.2, 0) is 0 Å². The van der Waals surface area contributed by atoms with Gasteiger partial charge in [-0.15, -0.1) is 0 Å². The third-order valence-electron chi connectivity index (χ3n) is 6.28. The highest BCUT2D eigenvalue weighted by Gasteiger charge is 2.66. The van der Waals surface area contributed by atoms with Crippen LogP contribution < -0.4 is 5.73 Å². The van der Waals surface area contributed by atoms with E-state index in [0.29, 0.717) is 16.2 Å². The summed E-state index contributed by atoms with van der Waals surface area (Å²) in [6.45, 7) is 10.5. The van der Waals surface area contributed by atoms with Gasteiger partial charge in [-0.3, -0.25) is 0 Å². The molecule has 1 nitrogen and oxygen atoms in total. The summed E-state index contributed by atoms with van der Waals surface area (Å²) in [6, 6.07) is 0. The van der Waals surface area contributed by atoms with Crippen LogP contribution >= 0.6 is 0 Å². The quantitative estimate of drug-likeness (QED) is 0.708. The number of rotatable bonds is 2. The first-order valence-electron chi connectivity index (χ1n) is 6.76. The molecule has 0 aromatic rings. The zero-order valence-electron chi connectivity index (χ0n) is 11.1. The van der Waals surface area contributed by atoms with Crippen LogP contribution in [0.4, 0.5) is 0 Å². The Balaban J connectivity index is 1.95. The second-order valence-electron chi connectivity index (χ2n) is 7.55. The van der Waals surface area contributed by atoms with Crippen LogP contribution in [0, 0.1) is 28.1 Å². The van der Waals surface area contributed by atoms with E-state index in [1.165, 1.54) is 19.3 Å². The summed E-state index contributed by atoms with van der Waals surface area (Å²) >= 11 is 0. The first-order chi connectivity index (χ1) is 7.35. The van der Waals surface area contributed by atoms with Crippen LogP contribution in [0.1, 0.15) is 47.0 Å². The molecule has 4 rings (SSSR count). The Labute approximate surface area is 99.5 Å². The smallest absolute Gasteiger partial charge is 0.00942 e. The number of hydrogen-bond donors (Lipinski definition) is 1. The summed E-state index contributed by atoms with van der Waals surface area (Å²) in [5, 5.41) is 0. The summed E-state index contributed by atoms with van der Waals surface area (Å²) in [7, 11) is 0. The summed E-state index contributed by atoms with van der Waals surface area (Å²) < 4.78 is 0. The van der Waals surface area contributed by atoms with Gasteiger partial charge in [-0.25, -0.2) is 0 Å². The molecule has 0 spiro atoms. The minimum Gasteiger partial charge on any atom is -0.330 e. The third kappa shape index (κ3) is 1.01. The van der Waals surface area contributed by atoms with Crippen molar-refractivity contribution in [3.63, 3.8) is 0 Å². The van der Waals surface area contributed by atoms with Gasteiger partial charge >= 0.3 is 0 Å². The molecule has 0 heterocycles. The van der Waals surface area contributed by atoms with E-state index in [2.05, 4.69) is 33.8 Å². The average molecular weight is 219 g/mol. The first kappa shape index (κ1) is 10.8. The molecule has 0 saturated heterocycles. The molecular formula is C15H25N. The van der Waals surface area contributed by atoms with Gasteiger partial charge in [0.15, 0.2) is 0 Å². The van der Waals surface area contributed by atoms with Gasteiger partial charge in [0.25, 0.3) is 0 Å². The van der Waals surface area contributed by atoms with Crippen molar-refractivity contribution < 1.29 is 0 Å². The zero-order chi connectivity index (χ0) is 11.8. The van der Waals surface area contributed by atoms with Crippen LogP contribution in [0.3, 0.4) is 0 Å². The Morgan fingerprint density at radius 3 is 2.31 bits per heavy atom. The van der Waals surface area contributed by atoms with E-state index in [-0.39, 0.29) is 0 Å². The van der Waals surface area contributed by atoms with E-state index >= 15 is 0 Å². The molecule has 2 fully saturated rings. The van der Waals surface area contributed by atoms with E-state index in [0.717, 1.165) is 18.4 Å². The second-order valence-corrected chi connectivity index (χ2v) is 7.55. The minimum atomic E-state index is 0.361. The molecule has 4 aliphatic rings. The van der Waals surface area contributed by atoms with Crippen molar-refractivity contribution >= 4 is 0 Å². The van der Waals surface area contributed by atoms with Crippen molar-refractivity contribution in [2.24, 2.45) is 33.8 Å². The second kappa shape index (κ2) is 2.75. The van der Waals surface area contributed by atoms with Gasteiger partial charge in [-0.2, -0.15) is 0 Å². The van der Waals surface area contributed by atoms with E-state index in [1.807, 2.05) is 0 Å². The van der Waals surface area contributed by atoms with Gasteiger partial charge in [0.1, 0.15) is 0 Å². The Hall–Kier alpha value is -0.300. The summed E-state index contributed by atoms with van der Waals surface area (Å²) in [5.41, 5.74) is 9.19. The highest BCUT2D eigenvalue weighted by Crippen LogP contribution is 2.73. The Morgan fingerprint density at radius 2 is 1.94 bits per heavy atom. The molecule has 1 heteroatoms. The molecule has 2 N–H and O–H groups in total. The van der Waals surface area contributed by atoms with Gasteiger partial charge in [0.2, 0.25) is 0 Å². The van der Waals surface area contributed by atoms with Crippen LogP contribution in [0.5, 0.6) is 0 Å². The number of nitrogens with two attached hydrogens (primary N) is 1. The highest BCUT2D eigenvalue weighted by atomic mass is 14.8. The molecule has 2 saturated carbocycles. The summed E-state index contributed by atoms with van der Waals surface area (Å²) in [4.78, 5) is 0.